The lowest BCUT2D eigenvalue weighted by molar-refractivity contribution is -0.116. The van der Waals surface area contributed by atoms with Crippen LogP contribution in [0, 0.1) is 13.8 Å². The number of hydrogen-bond donors (Lipinski definition) is 2. The molecule has 0 atom stereocenters. The summed E-state index contributed by atoms with van der Waals surface area (Å²) in [5.41, 5.74) is 0.765. The number of aromatic nitrogens is 4. The summed E-state index contributed by atoms with van der Waals surface area (Å²) < 4.78 is 1.40. The lowest BCUT2D eigenvalue weighted by atomic mass is 10.5. The van der Waals surface area contributed by atoms with E-state index < -0.39 is 0 Å². The first kappa shape index (κ1) is 11.5. The van der Waals surface area contributed by atoms with Crippen molar-refractivity contribution in [2.75, 3.05) is 5.32 Å². The highest BCUT2D eigenvalue weighted by atomic mass is 32.1. The second-order valence-corrected chi connectivity index (χ2v) is 4.34. The Morgan fingerprint density at radius 3 is 2.88 bits per heavy atom. The Bertz CT molecular complexity index is 597. The summed E-state index contributed by atoms with van der Waals surface area (Å²) in [4.78, 5) is 26.8. The molecule has 2 aromatic rings. The van der Waals surface area contributed by atoms with Crippen LogP contribution in [0.25, 0.3) is 0 Å². The van der Waals surface area contributed by atoms with Gasteiger partial charge >= 0.3 is 4.87 Å². The van der Waals surface area contributed by atoms with Crippen molar-refractivity contribution in [3.63, 3.8) is 0 Å². The summed E-state index contributed by atoms with van der Waals surface area (Å²) in [5, 5.41) is 10.6. The molecule has 0 aliphatic rings. The molecule has 0 fully saturated rings. The van der Waals surface area contributed by atoms with Gasteiger partial charge in [-0.25, -0.2) is 0 Å². The third-order valence-corrected chi connectivity index (χ3v) is 3.01. The van der Waals surface area contributed by atoms with Gasteiger partial charge in [-0.05, 0) is 13.8 Å². The Morgan fingerprint density at radius 2 is 2.35 bits per heavy atom. The number of nitrogens with zero attached hydrogens (tertiary/aromatic N) is 3. The molecular formula is C9H11N5O2S. The van der Waals surface area contributed by atoms with Crippen LogP contribution in [0.1, 0.15) is 11.5 Å². The molecule has 7 nitrogen and oxygen atoms in total. The van der Waals surface area contributed by atoms with Crippen LogP contribution in [0.4, 0.5) is 5.95 Å². The molecule has 90 valence electrons. The van der Waals surface area contributed by atoms with Crippen LogP contribution in [0.3, 0.4) is 0 Å². The first-order valence-electron chi connectivity index (χ1n) is 4.90. The van der Waals surface area contributed by atoms with Gasteiger partial charge in [0.15, 0.2) is 0 Å². The minimum atomic E-state index is -0.326. The standard InChI is InChI=1S/C9H11N5O2S/c1-5-4-17-9(16)14(5)3-7(15)11-8-10-6(2)12-13-8/h4H,3H2,1-2H3,(H2,10,11,12,13,15). The van der Waals surface area contributed by atoms with Gasteiger partial charge in [-0.2, -0.15) is 4.98 Å². The molecule has 0 aliphatic heterocycles. The molecule has 0 saturated carbocycles. The van der Waals surface area contributed by atoms with Crippen LogP contribution in [-0.4, -0.2) is 25.7 Å². The summed E-state index contributed by atoms with van der Waals surface area (Å²) in [6.07, 6.45) is 0. The normalized spacial score (nSPS) is 10.5. The van der Waals surface area contributed by atoms with Gasteiger partial charge < -0.3 is 0 Å². The van der Waals surface area contributed by atoms with Crippen molar-refractivity contribution in [3.05, 3.63) is 26.6 Å². The van der Waals surface area contributed by atoms with E-state index in [1.165, 1.54) is 4.57 Å². The molecular weight excluding hydrogens is 242 g/mol. The van der Waals surface area contributed by atoms with Crippen molar-refractivity contribution >= 4 is 23.2 Å². The summed E-state index contributed by atoms with van der Waals surface area (Å²) >= 11 is 1.07. The number of H-pyrrole nitrogens is 1. The van der Waals surface area contributed by atoms with E-state index in [-0.39, 0.29) is 23.3 Å². The van der Waals surface area contributed by atoms with Crippen LogP contribution in [0.2, 0.25) is 0 Å². The third-order valence-electron chi connectivity index (χ3n) is 2.13. The van der Waals surface area contributed by atoms with Crippen LogP contribution in [-0.2, 0) is 11.3 Å². The molecule has 2 rings (SSSR count). The Hall–Kier alpha value is -1.96. The van der Waals surface area contributed by atoms with Gasteiger partial charge in [0.05, 0.1) is 0 Å². The largest absolute Gasteiger partial charge is 0.307 e. The van der Waals surface area contributed by atoms with Gasteiger partial charge in [0, 0.05) is 11.1 Å². The number of rotatable bonds is 3. The minimum Gasteiger partial charge on any atom is -0.294 e. The number of aryl methyl sites for hydroxylation is 2. The molecule has 2 N–H and O–H groups in total. The first-order chi connectivity index (χ1) is 8.06. The monoisotopic (exact) mass is 253 g/mol. The van der Waals surface area contributed by atoms with Crippen LogP contribution in [0.15, 0.2) is 10.2 Å². The maximum atomic E-state index is 11.6. The average Bonchev–Trinajstić information content (AvgIpc) is 2.79. The maximum Gasteiger partial charge on any atom is 0.307 e. The second-order valence-electron chi connectivity index (χ2n) is 3.52. The van der Waals surface area contributed by atoms with E-state index in [4.69, 9.17) is 0 Å². The third kappa shape index (κ3) is 2.59. The quantitative estimate of drug-likeness (QED) is 0.822. The summed E-state index contributed by atoms with van der Waals surface area (Å²) in [7, 11) is 0. The molecule has 2 heterocycles. The van der Waals surface area contributed by atoms with Gasteiger partial charge in [-0.3, -0.25) is 24.6 Å². The SMILES string of the molecule is Cc1nc(NC(=O)Cn2c(C)csc2=O)n[nH]1. The minimum absolute atomic E-state index is 0.0260. The smallest absolute Gasteiger partial charge is 0.294 e. The molecule has 0 aliphatic carbocycles. The molecule has 8 heteroatoms. The number of amides is 1. The van der Waals surface area contributed by atoms with E-state index in [0.29, 0.717) is 5.82 Å². The van der Waals surface area contributed by atoms with E-state index in [2.05, 4.69) is 20.5 Å². The summed E-state index contributed by atoms with van der Waals surface area (Å²) in [5.74, 6) is 0.505. The van der Waals surface area contributed by atoms with Crippen molar-refractivity contribution in [1.29, 1.82) is 0 Å². The Balaban J connectivity index is 2.05. The maximum absolute atomic E-state index is 11.6. The van der Waals surface area contributed by atoms with Crippen molar-refractivity contribution < 1.29 is 4.79 Å². The number of nitrogens with one attached hydrogen (secondary N) is 2. The van der Waals surface area contributed by atoms with Crippen molar-refractivity contribution in [2.24, 2.45) is 0 Å². The van der Waals surface area contributed by atoms with E-state index in [1.54, 1.807) is 19.2 Å². The zero-order chi connectivity index (χ0) is 12.4. The Kier molecular flexibility index (Phi) is 3.05. The zero-order valence-electron chi connectivity index (χ0n) is 9.35. The number of anilines is 1. The summed E-state index contributed by atoms with van der Waals surface area (Å²) in [6.45, 7) is 3.49. The molecule has 17 heavy (non-hydrogen) atoms. The Morgan fingerprint density at radius 1 is 1.59 bits per heavy atom. The number of thiazole rings is 1. The number of aromatic amines is 1. The topological polar surface area (TPSA) is 92.7 Å². The highest BCUT2D eigenvalue weighted by molar-refractivity contribution is 7.07. The van der Waals surface area contributed by atoms with Gasteiger partial charge in [-0.1, -0.05) is 11.3 Å². The molecule has 2 aromatic heterocycles. The highest BCUT2D eigenvalue weighted by Gasteiger charge is 2.10. The van der Waals surface area contributed by atoms with Crippen LogP contribution in [0.5, 0.6) is 0 Å². The van der Waals surface area contributed by atoms with Gasteiger partial charge in [0.1, 0.15) is 12.4 Å². The number of carbonyl (C=O) groups is 1. The molecule has 0 radical (unpaired) electrons. The predicted molar refractivity (Wildman–Crippen MR) is 63.1 cm³/mol. The lowest BCUT2D eigenvalue weighted by Crippen LogP contribution is -2.25. The van der Waals surface area contributed by atoms with E-state index in [1.807, 2.05) is 0 Å². The van der Waals surface area contributed by atoms with Gasteiger partial charge in [0.25, 0.3) is 0 Å². The predicted octanol–water partition coefficient (Wildman–Crippen LogP) is 0.283. The zero-order valence-corrected chi connectivity index (χ0v) is 10.2. The van der Waals surface area contributed by atoms with Gasteiger partial charge in [-0.15, -0.1) is 5.10 Å². The summed E-state index contributed by atoms with van der Waals surface area (Å²) in [6, 6.07) is 0. The van der Waals surface area contributed by atoms with E-state index in [0.717, 1.165) is 17.0 Å². The van der Waals surface area contributed by atoms with Crippen LogP contribution >= 0.6 is 11.3 Å². The second kappa shape index (κ2) is 4.50. The van der Waals surface area contributed by atoms with Crippen LogP contribution < -0.4 is 10.2 Å². The fourth-order valence-corrected chi connectivity index (χ4v) is 2.04. The fourth-order valence-electron chi connectivity index (χ4n) is 1.30. The van der Waals surface area contributed by atoms with E-state index >= 15 is 0 Å². The lowest BCUT2D eigenvalue weighted by Gasteiger charge is -2.03. The molecule has 1 amide bonds. The number of carbonyl (C=O) groups excluding carboxylic acids is 1. The number of hydrogen-bond acceptors (Lipinski definition) is 5. The van der Waals surface area contributed by atoms with Gasteiger partial charge in [0.2, 0.25) is 11.9 Å². The van der Waals surface area contributed by atoms with Crippen molar-refractivity contribution in [1.82, 2.24) is 19.7 Å². The molecule has 0 spiro atoms. The average molecular weight is 253 g/mol. The fraction of sp³-hybridized carbons (Fsp3) is 0.333. The molecule has 0 unspecified atom stereocenters. The molecule has 0 saturated heterocycles. The van der Waals surface area contributed by atoms with Crippen molar-refractivity contribution in [2.45, 2.75) is 20.4 Å². The molecule has 0 bridgehead atoms. The molecule has 0 aromatic carbocycles. The highest BCUT2D eigenvalue weighted by Crippen LogP contribution is 2.01. The van der Waals surface area contributed by atoms with Crippen molar-refractivity contribution in [3.8, 4) is 0 Å². The van der Waals surface area contributed by atoms with E-state index in [9.17, 15) is 9.59 Å². The Labute approximate surface area is 101 Å². The first-order valence-corrected chi connectivity index (χ1v) is 5.78.